The van der Waals surface area contributed by atoms with Gasteiger partial charge >= 0.3 is 0 Å². The van der Waals surface area contributed by atoms with Crippen LogP contribution in [0.15, 0.2) is 0 Å². The third-order valence-electron chi connectivity index (χ3n) is 3.82. The Morgan fingerprint density at radius 3 is 2.19 bits per heavy atom. The number of aliphatic hydroxyl groups is 1. The SMILES string of the molecule is CC1CC(C)CC(NCCC(O)C(C)C)C1. The van der Waals surface area contributed by atoms with E-state index in [9.17, 15) is 5.11 Å². The van der Waals surface area contributed by atoms with Crippen LogP contribution < -0.4 is 5.32 Å². The molecule has 2 N–H and O–H groups in total. The number of hydrogen-bond acceptors (Lipinski definition) is 2. The van der Waals surface area contributed by atoms with Gasteiger partial charge < -0.3 is 10.4 Å². The molecule has 0 aromatic rings. The van der Waals surface area contributed by atoms with Crippen LogP contribution in [-0.2, 0) is 0 Å². The molecule has 3 atom stereocenters. The minimum Gasteiger partial charge on any atom is -0.393 e. The largest absolute Gasteiger partial charge is 0.393 e. The highest BCUT2D eigenvalue weighted by molar-refractivity contribution is 4.79. The monoisotopic (exact) mass is 227 g/mol. The summed E-state index contributed by atoms with van der Waals surface area (Å²) in [4.78, 5) is 0. The molecular formula is C14H29NO. The molecule has 1 fully saturated rings. The van der Waals surface area contributed by atoms with Gasteiger partial charge in [0.1, 0.15) is 0 Å². The van der Waals surface area contributed by atoms with Crippen LogP contribution in [0.1, 0.15) is 53.4 Å². The first-order valence-electron chi connectivity index (χ1n) is 6.90. The summed E-state index contributed by atoms with van der Waals surface area (Å²) in [6.45, 7) is 9.83. The molecule has 96 valence electrons. The van der Waals surface area contributed by atoms with E-state index < -0.39 is 0 Å². The van der Waals surface area contributed by atoms with Gasteiger partial charge in [0.05, 0.1) is 6.10 Å². The van der Waals surface area contributed by atoms with E-state index >= 15 is 0 Å². The lowest BCUT2D eigenvalue weighted by Gasteiger charge is -2.32. The van der Waals surface area contributed by atoms with Gasteiger partial charge in [0.15, 0.2) is 0 Å². The Balaban J connectivity index is 2.17. The molecule has 0 spiro atoms. The first kappa shape index (κ1) is 14.0. The molecule has 0 aliphatic heterocycles. The second kappa shape index (κ2) is 6.61. The summed E-state index contributed by atoms with van der Waals surface area (Å²) < 4.78 is 0. The Bertz CT molecular complexity index is 183. The summed E-state index contributed by atoms with van der Waals surface area (Å²) in [6, 6.07) is 0.679. The average molecular weight is 227 g/mol. The zero-order valence-corrected chi connectivity index (χ0v) is 11.4. The molecule has 0 amide bonds. The minimum absolute atomic E-state index is 0.147. The predicted octanol–water partition coefficient (Wildman–Crippen LogP) is 2.81. The van der Waals surface area contributed by atoms with Crippen LogP contribution in [0.3, 0.4) is 0 Å². The fraction of sp³-hybridized carbons (Fsp3) is 1.00. The lowest BCUT2D eigenvalue weighted by molar-refractivity contribution is 0.113. The molecule has 1 aliphatic carbocycles. The molecule has 1 aliphatic rings. The molecule has 16 heavy (non-hydrogen) atoms. The van der Waals surface area contributed by atoms with Gasteiger partial charge in [-0.05, 0) is 50.0 Å². The molecular weight excluding hydrogens is 198 g/mol. The average Bonchev–Trinajstić information content (AvgIpc) is 2.15. The molecule has 2 heteroatoms. The first-order valence-corrected chi connectivity index (χ1v) is 6.90. The van der Waals surface area contributed by atoms with Gasteiger partial charge in [-0.15, -0.1) is 0 Å². The van der Waals surface area contributed by atoms with E-state index in [-0.39, 0.29) is 6.10 Å². The fourth-order valence-corrected chi connectivity index (χ4v) is 2.88. The van der Waals surface area contributed by atoms with E-state index in [4.69, 9.17) is 0 Å². The highest BCUT2D eigenvalue weighted by atomic mass is 16.3. The normalized spacial score (nSPS) is 33.0. The van der Waals surface area contributed by atoms with E-state index in [1.54, 1.807) is 0 Å². The minimum atomic E-state index is -0.147. The Morgan fingerprint density at radius 2 is 1.69 bits per heavy atom. The van der Waals surface area contributed by atoms with Crippen molar-refractivity contribution in [3.8, 4) is 0 Å². The molecule has 0 bridgehead atoms. The maximum Gasteiger partial charge on any atom is 0.0575 e. The Morgan fingerprint density at radius 1 is 1.12 bits per heavy atom. The maximum absolute atomic E-state index is 9.72. The number of rotatable bonds is 5. The van der Waals surface area contributed by atoms with Crippen LogP contribution in [0.25, 0.3) is 0 Å². The van der Waals surface area contributed by atoms with Crippen LogP contribution in [0.4, 0.5) is 0 Å². The third-order valence-corrected chi connectivity index (χ3v) is 3.82. The topological polar surface area (TPSA) is 32.3 Å². The van der Waals surface area contributed by atoms with E-state index in [0.717, 1.165) is 24.8 Å². The lowest BCUT2D eigenvalue weighted by Crippen LogP contribution is -2.38. The molecule has 2 nitrogen and oxygen atoms in total. The van der Waals surface area contributed by atoms with Gasteiger partial charge in [0, 0.05) is 6.04 Å². The Hall–Kier alpha value is -0.0800. The summed E-state index contributed by atoms with van der Waals surface area (Å²) in [7, 11) is 0. The quantitative estimate of drug-likeness (QED) is 0.757. The van der Waals surface area contributed by atoms with Gasteiger partial charge in [0.25, 0.3) is 0 Å². The molecule has 0 radical (unpaired) electrons. The van der Waals surface area contributed by atoms with Crippen molar-refractivity contribution >= 4 is 0 Å². The molecule has 3 unspecified atom stereocenters. The van der Waals surface area contributed by atoms with Crippen LogP contribution in [-0.4, -0.2) is 23.8 Å². The molecule has 1 saturated carbocycles. The fourth-order valence-electron chi connectivity index (χ4n) is 2.88. The van der Waals surface area contributed by atoms with Crippen LogP contribution in [0.5, 0.6) is 0 Å². The highest BCUT2D eigenvalue weighted by Crippen LogP contribution is 2.28. The van der Waals surface area contributed by atoms with Crippen molar-refractivity contribution < 1.29 is 5.11 Å². The second-order valence-corrected chi connectivity index (χ2v) is 6.17. The lowest BCUT2D eigenvalue weighted by atomic mass is 9.80. The van der Waals surface area contributed by atoms with Gasteiger partial charge in [0.2, 0.25) is 0 Å². The molecule has 0 saturated heterocycles. The second-order valence-electron chi connectivity index (χ2n) is 6.17. The standard InChI is InChI=1S/C14H29NO/c1-10(2)14(16)5-6-15-13-8-11(3)7-12(4)9-13/h10-16H,5-9H2,1-4H3. The summed E-state index contributed by atoms with van der Waals surface area (Å²) in [5, 5.41) is 13.3. The predicted molar refractivity (Wildman–Crippen MR) is 69.4 cm³/mol. The van der Waals surface area contributed by atoms with E-state index in [2.05, 4.69) is 33.0 Å². The number of hydrogen-bond donors (Lipinski definition) is 2. The van der Waals surface area contributed by atoms with Crippen LogP contribution in [0.2, 0.25) is 0 Å². The number of aliphatic hydroxyl groups excluding tert-OH is 1. The van der Waals surface area contributed by atoms with Crippen molar-refractivity contribution in [2.24, 2.45) is 17.8 Å². The van der Waals surface area contributed by atoms with Gasteiger partial charge in [-0.2, -0.15) is 0 Å². The summed E-state index contributed by atoms with van der Waals surface area (Å²) >= 11 is 0. The van der Waals surface area contributed by atoms with Crippen molar-refractivity contribution in [2.75, 3.05) is 6.54 Å². The van der Waals surface area contributed by atoms with E-state index in [1.165, 1.54) is 19.3 Å². The van der Waals surface area contributed by atoms with Crippen molar-refractivity contribution in [3.05, 3.63) is 0 Å². The van der Waals surface area contributed by atoms with E-state index in [1.807, 2.05) is 0 Å². The zero-order valence-electron chi connectivity index (χ0n) is 11.4. The summed E-state index contributed by atoms with van der Waals surface area (Å²) in [6.07, 6.45) is 4.74. The van der Waals surface area contributed by atoms with Crippen molar-refractivity contribution in [1.82, 2.24) is 5.32 Å². The Labute approximate surface area is 101 Å². The van der Waals surface area contributed by atoms with Gasteiger partial charge in [-0.1, -0.05) is 27.7 Å². The smallest absolute Gasteiger partial charge is 0.0575 e. The molecule has 0 aromatic carbocycles. The van der Waals surface area contributed by atoms with Crippen molar-refractivity contribution in [2.45, 2.75) is 65.5 Å². The first-order chi connectivity index (χ1) is 7.49. The van der Waals surface area contributed by atoms with Crippen molar-refractivity contribution in [3.63, 3.8) is 0 Å². The zero-order chi connectivity index (χ0) is 12.1. The van der Waals surface area contributed by atoms with Crippen LogP contribution in [0, 0.1) is 17.8 Å². The summed E-state index contributed by atoms with van der Waals surface area (Å²) in [5.41, 5.74) is 0. The van der Waals surface area contributed by atoms with Crippen molar-refractivity contribution in [1.29, 1.82) is 0 Å². The maximum atomic E-state index is 9.72. The third kappa shape index (κ3) is 4.84. The number of nitrogens with one attached hydrogen (secondary N) is 1. The summed E-state index contributed by atoms with van der Waals surface area (Å²) in [5.74, 6) is 2.10. The Kier molecular flexibility index (Phi) is 5.77. The van der Waals surface area contributed by atoms with Gasteiger partial charge in [-0.25, -0.2) is 0 Å². The van der Waals surface area contributed by atoms with Crippen LogP contribution >= 0.6 is 0 Å². The van der Waals surface area contributed by atoms with Gasteiger partial charge in [-0.3, -0.25) is 0 Å². The molecule has 0 heterocycles. The van der Waals surface area contributed by atoms with E-state index in [0.29, 0.717) is 12.0 Å². The molecule has 1 rings (SSSR count). The highest BCUT2D eigenvalue weighted by Gasteiger charge is 2.23. The molecule has 0 aromatic heterocycles.